The molecule has 0 aliphatic rings. The highest BCUT2D eigenvalue weighted by molar-refractivity contribution is 5.66. The first kappa shape index (κ1) is 12.4. The summed E-state index contributed by atoms with van der Waals surface area (Å²) in [7, 11) is 0. The number of hydrogen-bond donors (Lipinski definition) is 2. The Hall–Kier alpha value is -2.03. The van der Waals surface area contributed by atoms with Gasteiger partial charge in [-0.2, -0.15) is 0 Å². The second kappa shape index (κ2) is 5.08. The van der Waals surface area contributed by atoms with Crippen LogP contribution in [0.1, 0.15) is 16.7 Å². The van der Waals surface area contributed by atoms with Crippen LogP contribution in [-0.4, -0.2) is 0 Å². The first-order valence-corrected chi connectivity index (χ1v) is 5.91. The summed E-state index contributed by atoms with van der Waals surface area (Å²) in [5, 5.41) is 3.17. The lowest BCUT2D eigenvalue weighted by atomic mass is 10.1. The molecule has 2 aromatic rings. The van der Waals surface area contributed by atoms with Crippen LogP contribution in [0.5, 0.6) is 0 Å². The molecule has 2 aromatic carbocycles. The average molecular weight is 244 g/mol. The van der Waals surface area contributed by atoms with Gasteiger partial charge in [0.1, 0.15) is 5.82 Å². The van der Waals surface area contributed by atoms with Crippen LogP contribution in [0, 0.1) is 19.7 Å². The maximum atomic E-state index is 13.1. The van der Waals surface area contributed by atoms with Crippen LogP contribution in [0.4, 0.5) is 15.8 Å². The van der Waals surface area contributed by atoms with E-state index < -0.39 is 0 Å². The van der Waals surface area contributed by atoms with Gasteiger partial charge in [0.05, 0.1) is 11.4 Å². The molecule has 0 unspecified atom stereocenters. The van der Waals surface area contributed by atoms with Gasteiger partial charge in [0, 0.05) is 6.54 Å². The zero-order valence-electron chi connectivity index (χ0n) is 10.6. The second-order valence-electron chi connectivity index (χ2n) is 4.52. The Bertz CT molecular complexity index is 564. The smallest absolute Gasteiger partial charge is 0.125 e. The first-order valence-electron chi connectivity index (χ1n) is 5.91. The molecular weight excluding hydrogens is 227 g/mol. The molecule has 0 aliphatic carbocycles. The van der Waals surface area contributed by atoms with Gasteiger partial charge in [0.15, 0.2) is 0 Å². The van der Waals surface area contributed by atoms with Crippen molar-refractivity contribution >= 4 is 11.4 Å². The number of nitrogen functional groups attached to an aromatic ring is 1. The molecule has 0 spiro atoms. The molecule has 2 rings (SSSR count). The molecule has 0 fully saturated rings. The monoisotopic (exact) mass is 244 g/mol. The molecule has 0 atom stereocenters. The fourth-order valence-corrected chi connectivity index (χ4v) is 1.92. The summed E-state index contributed by atoms with van der Waals surface area (Å²) in [6.45, 7) is 4.77. The molecule has 0 amide bonds. The maximum absolute atomic E-state index is 13.1. The number of aryl methyl sites for hydroxylation is 2. The van der Waals surface area contributed by atoms with Crippen LogP contribution in [0.2, 0.25) is 0 Å². The summed E-state index contributed by atoms with van der Waals surface area (Å²) < 4.78 is 13.1. The van der Waals surface area contributed by atoms with E-state index >= 15 is 0 Å². The number of benzene rings is 2. The van der Waals surface area contributed by atoms with Crippen molar-refractivity contribution in [3.05, 3.63) is 58.9 Å². The van der Waals surface area contributed by atoms with E-state index in [1.165, 1.54) is 28.8 Å². The predicted octanol–water partition coefficient (Wildman–Crippen LogP) is 3.64. The largest absolute Gasteiger partial charge is 0.397 e. The summed E-state index contributed by atoms with van der Waals surface area (Å²) in [5.41, 5.74) is 10.6. The van der Waals surface area contributed by atoms with Crippen molar-refractivity contribution in [2.24, 2.45) is 0 Å². The number of nitrogens with one attached hydrogen (secondary N) is 1. The molecule has 18 heavy (non-hydrogen) atoms. The van der Waals surface area contributed by atoms with E-state index in [9.17, 15) is 4.39 Å². The Balaban J connectivity index is 2.13. The normalized spacial score (nSPS) is 10.4. The van der Waals surface area contributed by atoms with E-state index in [1.54, 1.807) is 6.07 Å². The third-order valence-corrected chi connectivity index (χ3v) is 2.98. The molecule has 0 bridgehead atoms. The van der Waals surface area contributed by atoms with E-state index in [4.69, 9.17) is 5.73 Å². The molecule has 0 saturated carbocycles. The maximum Gasteiger partial charge on any atom is 0.125 e. The molecule has 3 heteroatoms. The molecule has 0 aromatic heterocycles. The fraction of sp³-hybridized carbons (Fsp3) is 0.200. The third-order valence-electron chi connectivity index (χ3n) is 2.98. The number of rotatable bonds is 3. The number of anilines is 2. The molecule has 94 valence electrons. The standard InChI is InChI=1S/C15H17FN2/c1-10-3-4-12(11(2)7-10)9-18-15-8-13(16)5-6-14(15)17/h3-8,18H,9,17H2,1-2H3. The van der Waals surface area contributed by atoms with E-state index in [2.05, 4.69) is 37.4 Å². The van der Waals surface area contributed by atoms with Crippen molar-refractivity contribution in [3.8, 4) is 0 Å². The van der Waals surface area contributed by atoms with Gasteiger partial charge >= 0.3 is 0 Å². The van der Waals surface area contributed by atoms with Gasteiger partial charge in [-0.05, 0) is 43.2 Å². The Morgan fingerprint density at radius 2 is 1.89 bits per heavy atom. The van der Waals surface area contributed by atoms with Crippen LogP contribution >= 0.6 is 0 Å². The van der Waals surface area contributed by atoms with E-state index in [0.29, 0.717) is 17.9 Å². The number of halogens is 1. The van der Waals surface area contributed by atoms with Gasteiger partial charge in [0.25, 0.3) is 0 Å². The minimum absolute atomic E-state index is 0.285. The van der Waals surface area contributed by atoms with Crippen molar-refractivity contribution in [3.63, 3.8) is 0 Å². The zero-order valence-corrected chi connectivity index (χ0v) is 10.6. The number of hydrogen-bond acceptors (Lipinski definition) is 2. The summed E-state index contributed by atoms with van der Waals surface area (Å²) in [6, 6.07) is 10.6. The summed E-state index contributed by atoms with van der Waals surface area (Å²) in [5.74, 6) is -0.285. The molecule has 0 heterocycles. The Labute approximate surface area is 107 Å². The highest BCUT2D eigenvalue weighted by Gasteiger charge is 2.02. The fourth-order valence-electron chi connectivity index (χ4n) is 1.92. The van der Waals surface area contributed by atoms with Crippen LogP contribution in [0.25, 0.3) is 0 Å². The molecule has 0 saturated heterocycles. The minimum Gasteiger partial charge on any atom is -0.397 e. The van der Waals surface area contributed by atoms with Crippen molar-refractivity contribution in [2.75, 3.05) is 11.1 Å². The Morgan fingerprint density at radius 3 is 2.61 bits per heavy atom. The Morgan fingerprint density at radius 1 is 1.11 bits per heavy atom. The molecule has 3 N–H and O–H groups in total. The van der Waals surface area contributed by atoms with Crippen molar-refractivity contribution < 1.29 is 4.39 Å². The van der Waals surface area contributed by atoms with E-state index in [1.807, 2.05) is 0 Å². The SMILES string of the molecule is Cc1ccc(CNc2cc(F)ccc2N)c(C)c1. The van der Waals surface area contributed by atoms with Crippen molar-refractivity contribution in [1.29, 1.82) is 0 Å². The van der Waals surface area contributed by atoms with Crippen molar-refractivity contribution in [2.45, 2.75) is 20.4 Å². The lowest BCUT2D eigenvalue weighted by Crippen LogP contribution is -2.04. The lowest BCUT2D eigenvalue weighted by molar-refractivity contribution is 0.628. The van der Waals surface area contributed by atoms with Gasteiger partial charge in [0.2, 0.25) is 0 Å². The van der Waals surface area contributed by atoms with Crippen molar-refractivity contribution in [1.82, 2.24) is 0 Å². The van der Waals surface area contributed by atoms with Gasteiger partial charge in [-0.25, -0.2) is 4.39 Å². The lowest BCUT2D eigenvalue weighted by Gasteiger charge is -2.11. The Kier molecular flexibility index (Phi) is 3.51. The molecule has 0 radical (unpaired) electrons. The highest BCUT2D eigenvalue weighted by atomic mass is 19.1. The topological polar surface area (TPSA) is 38.0 Å². The summed E-state index contributed by atoms with van der Waals surface area (Å²) >= 11 is 0. The van der Waals surface area contributed by atoms with Crippen LogP contribution in [-0.2, 0) is 6.54 Å². The summed E-state index contributed by atoms with van der Waals surface area (Å²) in [4.78, 5) is 0. The molecular formula is C15H17FN2. The number of nitrogens with two attached hydrogens (primary N) is 1. The van der Waals surface area contributed by atoms with E-state index in [-0.39, 0.29) is 5.82 Å². The average Bonchev–Trinajstić information content (AvgIpc) is 2.32. The quantitative estimate of drug-likeness (QED) is 0.809. The van der Waals surface area contributed by atoms with Gasteiger partial charge in [-0.1, -0.05) is 23.8 Å². The van der Waals surface area contributed by atoms with E-state index in [0.717, 1.165) is 0 Å². The van der Waals surface area contributed by atoms with Gasteiger partial charge in [-0.3, -0.25) is 0 Å². The predicted molar refractivity (Wildman–Crippen MR) is 74.1 cm³/mol. The zero-order chi connectivity index (χ0) is 13.1. The van der Waals surface area contributed by atoms with Crippen LogP contribution in [0.15, 0.2) is 36.4 Å². The minimum atomic E-state index is -0.285. The third kappa shape index (κ3) is 2.80. The van der Waals surface area contributed by atoms with Gasteiger partial charge < -0.3 is 11.1 Å². The first-order chi connectivity index (χ1) is 8.56. The summed E-state index contributed by atoms with van der Waals surface area (Å²) in [6.07, 6.45) is 0. The molecule has 2 nitrogen and oxygen atoms in total. The second-order valence-corrected chi connectivity index (χ2v) is 4.52. The highest BCUT2D eigenvalue weighted by Crippen LogP contribution is 2.20. The van der Waals surface area contributed by atoms with Crippen LogP contribution in [0.3, 0.4) is 0 Å². The molecule has 0 aliphatic heterocycles. The van der Waals surface area contributed by atoms with Crippen LogP contribution < -0.4 is 11.1 Å². The van der Waals surface area contributed by atoms with Gasteiger partial charge in [-0.15, -0.1) is 0 Å².